The zero-order chi connectivity index (χ0) is 21.9. The lowest BCUT2D eigenvalue weighted by molar-refractivity contribution is -0.135. The fourth-order valence-corrected chi connectivity index (χ4v) is 3.82. The average Bonchev–Trinajstić information content (AvgIpc) is 3.36. The summed E-state index contributed by atoms with van der Waals surface area (Å²) in [7, 11) is 1.63. The second kappa shape index (κ2) is 8.51. The predicted molar refractivity (Wildman–Crippen MR) is 123 cm³/mol. The molecule has 2 heterocycles. The molecule has 32 heavy (non-hydrogen) atoms. The number of carbonyl (C=O) groups excluding carboxylic acids is 1. The number of nitrogens with zero attached hydrogens (tertiary/aromatic N) is 3. The van der Waals surface area contributed by atoms with Crippen molar-refractivity contribution in [1.82, 2.24) is 14.5 Å². The third-order valence-electron chi connectivity index (χ3n) is 5.47. The number of pyridine rings is 1. The average molecular weight is 423 g/mol. The first-order valence-corrected chi connectivity index (χ1v) is 10.3. The highest BCUT2D eigenvalue weighted by Crippen LogP contribution is 2.27. The zero-order valence-corrected chi connectivity index (χ0v) is 17.5. The van der Waals surface area contributed by atoms with E-state index >= 15 is 0 Å². The van der Waals surface area contributed by atoms with Crippen molar-refractivity contribution in [1.29, 1.82) is 0 Å². The molecule has 0 bridgehead atoms. The number of aromatic nitrogens is 3. The first-order chi connectivity index (χ1) is 15.7. The standard InChI is InChI=1S/C26H21N3O3/c1-31-21-9-6-18(7-10-21)25(29-13-12-27-17-29)16-26(30)32-22-11-8-20-14-19-4-2-3-5-23(19)28-24(20)15-22/h2-15,17,25H,16H2,1H3. The molecule has 1 unspecified atom stereocenters. The monoisotopic (exact) mass is 423 g/mol. The Labute approximate surface area is 185 Å². The van der Waals surface area contributed by atoms with Crippen LogP contribution in [0.3, 0.4) is 0 Å². The molecule has 0 saturated carbocycles. The lowest BCUT2D eigenvalue weighted by Gasteiger charge is -2.18. The number of carbonyl (C=O) groups is 1. The van der Waals surface area contributed by atoms with E-state index < -0.39 is 0 Å². The molecule has 3 aromatic carbocycles. The maximum Gasteiger partial charge on any atom is 0.313 e. The van der Waals surface area contributed by atoms with Gasteiger partial charge >= 0.3 is 5.97 Å². The maximum absolute atomic E-state index is 12.9. The molecule has 0 aliphatic carbocycles. The van der Waals surface area contributed by atoms with E-state index in [0.29, 0.717) is 5.75 Å². The van der Waals surface area contributed by atoms with Crippen molar-refractivity contribution in [2.24, 2.45) is 0 Å². The van der Waals surface area contributed by atoms with Gasteiger partial charge in [0.1, 0.15) is 11.5 Å². The van der Waals surface area contributed by atoms with Crippen molar-refractivity contribution < 1.29 is 14.3 Å². The van der Waals surface area contributed by atoms with Gasteiger partial charge in [0.25, 0.3) is 0 Å². The zero-order valence-electron chi connectivity index (χ0n) is 17.5. The molecule has 0 fully saturated rings. The Kier molecular flexibility index (Phi) is 5.25. The van der Waals surface area contributed by atoms with Crippen molar-refractivity contribution >= 4 is 27.8 Å². The highest BCUT2D eigenvalue weighted by molar-refractivity contribution is 5.93. The Hall–Kier alpha value is -4.19. The van der Waals surface area contributed by atoms with E-state index in [9.17, 15) is 4.79 Å². The number of esters is 1. The van der Waals surface area contributed by atoms with Crippen LogP contribution < -0.4 is 9.47 Å². The van der Waals surface area contributed by atoms with Gasteiger partial charge in [-0.25, -0.2) is 9.97 Å². The number of rotatable bonds is 6. The van der Waals surface area contributed by atoms with Crippen molar-refractivity contribution in [3.8, 4) is 11.5 Å². The van der Waals surface area contributed by atoms with Crippen LogP contribution in [0.25, 0.3) is 21.8 Å². The van der Waals surface area contributed by atoms with Gasteiger partial charge in [-0.05, 0) is 42.0 Å². The number of para-hydroxylation sites is 1. The number of methoxy groups -OCH3 is 1. The highest BCUT2D eigenvalue weighted by Gasteiger charge is 2.19. The largest absolute Gasteiger partial charge is 0.497 e. The van der Waals surface area contributed by atoms with Gasteiger partial charge in [-0.1, -0.05) is 30.3 Å². The fourth-order valence-electron chi connectivity index (χ4n) is 3.82. The Morgan fingerprint density at radius 2 is 1.72 bits per heavy atom. The van der Waals surface area contributed by atoms with Gasteiger partial charge in [-0.15, -0.1) is 0 Å². The smallest absolute Gasteiger partial charge is 0.313 e. The summed E-state index contributed by atoms with van der Waals surface area (Å²) < 4.78 is 12.8. The molecule has 0 amide bonds. The van der Waals surface area contributed by atoms with Crippen LogP contribution in [-0.4, -0.2) is 27.6 Å². The molecule has 0 N–H and O–H groups in total. The molecule has 0 aliphatic rings. The summed E-state index contributed by atoms with van der Waals surface area (Å²) in [6.45, 7) is 0. The fraction of sp³-hybridized carbons (Fsp3) is 0.115. The summed E-state index contributed by atoms with van der Waals surface area (Å²) in [5, 5.41) is 2.07. The number of fused-ring (bicyclic) bond motifs is 2. The summed E-state index contributed by atoms with van der Waals surface area (Å²) >= 11 is 0. The molecule has 0 spiro atoms. The predicted octanol–water partition coefficient (Wildman–Crippen LogP) is 5.18. The summed E-state index contributed by atoms with van der Waals surface area (Å²) in [6.07, 6.45) is 5.40. The van der Waals surface area contributed by atoms with E-state index in [1.54, 1.807) is 31.8 Å². The lowest BCUT2D eigenvalue weighted by Crippen LogP contribution is -2.18. The molecule has 1 atom stereocenters. The van der Waals surface area contributed by atoms with Gasteiger partial charge in [0.15, 0.2) is 0 Å². The van der Waals surface area contributed by atoms with Gasteiger partial charge in [-0.2, -0.15) is 0 Å². The van der Waals surface area contributed by atoms with E-state index in [2.05, 4.69) is 11.1 Å². The summed E-state index contributed by atoms with van der Waals surface area (Å²) in [5.41, 5.74) is 2.66. The van der Waals surface area contributed by atoms with Crippen molar-refractivity contribution in [3.63, 3.8) is 0 Å². The van der Waals surface area contributed by atoms with Crippen molar-refractivity contribution in [3.05, 3.63) is 97.1 Å². The Balaban J connectivity index is 1.38. The Morgan fingerprint density at radius 1 is 0.938 bits per heavy atom. The second-order valence-electron chi connectivity index (χ2n) is 7.51. The van der Waals surface area contributed by atoms with Gasteiger partial charge in [0, 0.05) is 29.2 Å². The van der Waals surface area contributed by atoms with E-state index in [0.717, 1.165) is 33.1 Å². The summed E-state index contributed by atoms with van der Waals surface area (Å²) in [6, 6.07) is 23.0. The third kappa shape index (κ3) is 4.03. The topological polar surface area (TPSA) is 66.2 Å². The Bertz CT molecular complexity index is 1380. The number of ether oxygens (including phenoxy) is 2. The molecule has 5 aromatic rings. The van der Waals surface area contributed by atoms with Crippen molar-refractivity contribution in [2.45, 2.75) is 12.5 Å². The van der Waals surface area contributed by atoms with E-state index in [-0.39, 0.29) is 18.4 Å². The lowest BCUT2D eigenvalue weighted by atomic mass is 10.0. The minimum absolute atomic E-state index is 0.159. The van der Waals surface area contributed by atoms with Crippen molar-refractivity contribution in [2.75, 3.05) is 7.11 Å². The van der Waals surface area contributed by atoms with E-state index in [1.165, 1.54) is 0 Å². The molecule has 5 rings (SSSR count). The molecular weight excluding hydrogens is 402 g/mol. The molecule has 0 saturated heterocycles. The van der Waals surface area contributed by atoms with Gasteiger partial charge in [0.2, 0.25) is 0 Å². The van der Waals surface area contributed by atoms with Crippen LogP contribution in [0.1, 0.15) is 18.0 Å². The second-order valence-corrected chi connectivity index (χ2v) is 7.51. The number of imidazole rings is 1. The summed E-state index contributed by atoms with van der Waals surface area (Å²) in [4.78, 5) is 21.7. The van der Waals surface area contributed by atoms with Crippen LogP contribution in [0.2, 0.25) is 0 Å². The molecule has 0 aliphatic heterocycles. The first kappa shape index (κ1) is 19.8. The highest BCUT2D eigenvalue weighted by atomic mass is 16.5. The first-order valence-electron chi connectivity index (χ1n) is 10.3. The maximum atomic E-state index is 12.9. The van der Waals surface area contributed by atoms with Gasteiger partial charge < -0.3 is 14.0 Å². The molecular formula is C26H21N3O3. The van der Waals surface area contributed by atoms with E-state index in [1.807, 2.05) is 65.4 Å². The van der Waals surface area contributed by atoms with Gasteiger partial charge in [-0.3, -0.25) is 4.79 Å². The minimum atomic E-state index is -0.334. The van der Waals surface area contributed by atoms with Crippen LogP contribution >= 0.6 is 0 Å². The molecule has 158 valence electrons. The molecule has 6 heteroatoms. The van der Waals surface area contributed by atoms with Crippen LogP contribution in [-0.2, 0) is 4.79 Å². The van der Waals surface area contributed by atoms with Crippen LogP contribution in [0.4, 0.5) is 0 Å². The minimum Gasteiger partial charge on any atom is -0.497 e. The van der Waals surface area contributed by atoms with E-state index in [4.69, 9.17) is 14.5 Å². The molecule has 0 radical (unpaired) electrons. The SMILES string of the molecule is COc1ccc(C(CC(=O)Oc2ccc3cc4ccccc4nc3c2)n2ccnc2)cc1. The third-order valence-corrected chi connectivity index (χ3v) is 5.47. The number of hydrogen-bond acceptors (Lipinski definition) is 5. The van der Waals surface area contributed by atoms with Crippen LogP contribution in [0.5, 0.6) is 11.5 Å². The Morgan fingerprint density at radius 3 is 2.50 bits per heavy atom. The van der Waals surface area contributed by atoms with Crippen LogP contribution in [0, 0.1) is 0 Å². The van der Waals surface area contributed by atoms with Crippen LogP contribution in [0.15, 0.2) is 91.5 Å². The quantitative estimate of drug-likeness (QED) is 0.214. The normalized spacial score (nSPS) is 12.0. The van der Waals surface area contributed by atoms with Gasteiger partial charge in [0.05, 0.1) is 36.9 Å². The number of benzene rings is 3. The molecule has 2 aromatic heterocycles. The molecule has 6 nitrogen and oxygen atoms in total. The summed E-state index contributed by atoms with van der Waals surface area (Å²) in [5.74, 6) is 0.904. The number of hydrogen-bond donors (Lipinski definition) is 0.